The Kier molecular flexibility index (Phi) is 6.68. The van der Waals surface area contributed by atoms with Gasteiger partial charge in [0.25, 0.3) is 0 Å². The van der Waals surface area contributed by atoms with Crippen LogP contribution in [0.15, 0.2) is 84.9 Å². The number of rotatable bonds is 7. The summed E-state index contributed by atoms with van der Waals surface area (Å²) in [6.45, 7) is 1.53. The van der Waals surface area contributed by atoms with Crippen molar-refractivity contribution in [2.45, 2.75) is 6.54 Å². The number of benzene rings is 3. The van der Waals surface area contributed by atoms with Crippen LogP contribution in [0, 0.1) is 0 Å². The fraction of sp³-hybridized carbons (Fsp3) is 0.208. The average Bonchev–Trinajstić information content (AvgIpc) is 2.74. The quantitative estimate of drug-likeness (QED) is 0.588. The second-order valence-corrected chi connectivity index (χ2v) is 6.82. The zero-order valence-corrected chi connectivity index (χ0v) is 16.4. The van der Waals surface area contributed by atoms with Gasteiger partial charge in [0.05, 0.1) is 6.54 Å². The highest BCUT2D eigenvalue weighted by molar-refractivity contribution is 5.73. The van der Waals surface area contributed by atoms with Gasteiger partial charge in [-0.15, -0.1) is 0 Å². The Morgan fingerprint density at radius 2 is 1.36 bits per heavy atom. The summed E-state index contributed by atoms with van der Waals surface area (Å²) >= 11 is 0. The standard InChI is InChI=1S/C24H26N2O2/c1-25(2)24(27)26(19-20-9-5-3-6-10-20)17-18-28-23-15-13-22(14-16-23)21-11-7-4-8-12-21/h3-16H,17-19H2,1-2H3. The van der Waals surface area contributed by atoms with Crippen LogP contribution in [-0.4, -0.2) is 43.1 Å². The van der Waals surface area contributed by atoms with Gasteiger partial charge in [0.1, 0.15) is 12.4 Å². The molecule has 4 nitrogen and oxygen atoms in total. The molecule has 28 heavy (non-hydrogen) atoms. The molecular weight excluding hydrogens is 348 g/mol. The van der Waals surface area contributed by atoms with E-state index in [1.165, 1.54) is 5.56 Å². The number of hydrogen-bond acceptors (Lipinski definition) is 2. The second-order valence-electron chi connectivity index (χ2n) is 6.82. The molecule has 0 aliphatic carbocycles. The van der Waals surface area contributed by atoms with Gasteiger partial charge < -0.3 is 14.5 Å². The molecule has 3 aromatic carbocycles. The smallest absolute Gasteiger partial charge is 0.319 e. The number of hydrogen-bond donors (Lipinski definition) is 0. The summed E-state index contributed by atoms with van der Waals surface area (Å²) in [4.78, 5) is 15.9. The summed E-state index contributed by atoms with van der Waals surface area (Å²) in [5, 5.41) is 0. The lowest BCUT2D eigenvalue weighted by Crippen LogP contribution is -2.40. The average molecular weight is 374 g/mol. The summed E-state index contributed by atoms with van der Waals surface area (Å²) in [6, 6.07) is 28.3. The third-order valence-electron chi connectivity index (χ3n) is 4.46. The number of urea groups is 1. The maximum absolute atomic E-state index is 12.5. The molecule has 0 saturated heterocycles. The Morgan fingerprint density at radius 3 is 1.96 bits per heavy atom. The Bertz CT molecular complexity index is 862. The minimum Gasteiger partial charge on any atom is -0.492 e. The second kappa shape index (κ2) is 9.60. The number of nitrogens with zero attached hydrogens (tertiary/aromatic N) is 2. The third-order valence-corrected chi connectivity index (χ3v) is 4.46. The van der Waals surface area contributed by atoms with Crippen molar-refractivity contribution in [3.05, 3.63) is 90.5 Å². The summed E-state index contributed by atoms with van der Waals surface area (Å²) in [5.74, 6) is 0.802. The van der Waals surface area contributed by atoms with Crippen molar-refractivity contribution in [3.8, 4) is 16.9 Å². The van der Waals surface area contributed by atoms with Crippen LogP contribution in [0.2, 0.25) is 0 Å². The molecule has 0 aliphatic rings. The van der Waals surface area contributed by atoms with Crippen LogP contribution in [0.3, 0.4) is 0 Å². The van der Waals surface area contributed by atoms with E-state index in [-0.39, 0.29) is 6.03 Å². The van der Waals surface area contributed by atoms with Crippen LogP contribution in [-0.2, 0) is 6.54 Å². The molecule has 2 amide bonds. The van der Waals surface area contributed by atoms with E-state index in [0.29, 0.717) is 19.7 Å². The summed E-state index contributed by atoms with van der Waals surface area (Å²) in [6.07, 6.45) is 0. The molecule has 3 aromatic rings. The van der Waals surface area contributed by atoms with Gasteiger partial charge in [0.2, 0.25) is 0 Å². The highest BCUT2D eigenvalue weighted by atomic mass is 16.5. The first-order chi connectivity index (χ1) is 13.6. The minimum atomic E-state index is -0.0214. The zero-order chi connectivity index (χ0) is 19.8. The van der Waals surface area contributed by atoms with Crippen molar-refractivity contribution in [2.24, 2.45) is 0 Å². The molecule has 0 N–H and O–H groups in total. The van der Waals surface area contributed by atoms with Crippen LogP contribution >= 0.6 is 0 Å². The van der Waals surface area contributed by atoms with E-state index in [4.69, 9.17) is 4.74 Å². The maximum Gasteiger partial charge on any atom is 0.319 e. The Balaban J connectivity index is 1.58. The first kappa shape index (κ1) is 19.5. The fourth-order valence-corrected chi connectivity index (χ4v) is 2.98. The first-order valence-electron chi connectivity index (χ1n) is 9.42. The molecule has 144 valence electrons. The van der Waals surface area contributed by atoms with Gasteiger partial charge in [-0.3, -0.25) is 0 Å². The van der Waals surface area contributed by atoms with Crippen molar-refractivity contribution in [3.63, 3.8) is 0 Å². The molecule has 0 aromatic heterocycles. The van der Waals surface area contributed by atoms with Gasteiger partial charge in [-0.25, -0.2) is 4.79 Å². The number of carbonyl (C=O) groups excluding carboxylic acids is 1. The molecule has 4 heteroatoms. The predicted octanol–water partition coefficient (Wildman–Crippen LogP) is 4.92. The fourth-order valence-electron chi connectivity index (χ4n) is 2.98. The topological polar surface area (TPSA) is 32.8 Å². The van der Waals surface area contributed by atoms with Gasteiger partial charge in [0.15, 0.2) is 0 Å². The molecule has 0 radical (unpaired) electrons. The highest BCUT2D eigenvalue weighted by Crippen LogP contribution is 2.22. The number of carbonyl (C=O) groups is 1. The van der Waals surface area contributed by atoms with Crippen LogP contribution in [0.1, 0.15) is 5.56 Å². The third kappa shape index (κ3) is 5.36. The van der Waals surface area contributed by atoms with Crippen LogP contribution in [0.25, 0.3) is 11.1 Å². The normalized spacial score (nSPS) is 10.4. The molecule has 0 saturated carbocycles. The maximum atomic E-state index is 12.5. The van der Waals surface area contributed by atoms with Crippen molar-refractivity contribution >= 4 is 6.03 Å². The lowest BCUT2D eigenvalue weighted by molar-refractivity contribution is 0.155. The molecule has 0 heterocycles. The molecule has 0 aliphatic heterocycles. The summed E-state index contributed by atoms with van der Waals surface area (Å²) < 4.78 is 5.88. The molecule has 0 fully saturated rings. The lowest BCUT2D eigenvalue weighted by atomic mass is 10.1. The van der Waals surface area contributed by atoms with E-state index in [2.05, 4.69) is 24.3 Å². The van der Waals surface area contributed by atoms with Gasteiger partial charge >= 0.3 is 6.03 Å². The molecule has 0 spiro atoms. The molecule has 3 rings (SSSR count). The van der Waals surface area contributed by atoms with Crippen LogP contribution in [0.5, 0.6) is 5.75 Å². The summed E-state index contributed by atoms with van der Waals surface area (Å²) in [5.41, 5.74) is 3.44. The zero-order valence-electron chi connectivity index (χ0n) is 16.4. The van der Waals surface area contributed by atoms with Gasteiger partial charge in [-0.1, -0.05) is 72.8 Å². The van der Waals surface area contributed by atoms with Crippen LogP contribution in [0.4, 0.5) is 4.79 Å². The molecule has 0 bridgehead atoms. The van der Waals surface area contributed by atoms with Crippen LogP contribution < -0.4 is 4.74 Å². The predicted molar refractivity (Wildman–Crippen MR) is 113 cm³/mol. The van der Waals surface area contributed by atoms with Crippen molar-refractivity contribution in [1.82, 2.24) is 9.80 Å². The molecule has 0 unspecified atom stereocenters. The first-order valence-corrected chi connectivity index (χ1v) is 9.42. The van der Waals surface area contributed by atoms with E-state index >= 15 is 0 Å². The highest BCUT2D eigenvalue weighted by Gasteiger charge is 2.15. The molecule has 0 atom stereocenters. The summed E-state index contributed by atoms with van der Waals surface area (Å²) in [7, 11) is 3.53. The van der Waals surface area contributed by atoms with Gasteiger partial charge in [-0.05, 0) is 28.8 Å². The Morgan fingerprint density at radius 1 is 0.786 bits per heavy atom. The van der Waals surface area contributed by atoms with E-state index in [1.807, 2.05) is 60.7 Å². The van der Waals surface area contributed by atoms with Crippen molar-refractivity contribution in [2.75, 3.05) is 27.2 Å². The monoisotopic (exact) mass is 374 g/mol. The van der Waals surface area contributed by atoms with E-state index in [1.54, 1.807) is 23.9 Å². The lowest BCUT2D eigenvalue weighted by Gasteiger charge is -2.26. The minimum absolute atomic E-state index is 0.0214. The van der Waals surface area contributed by atoms with Gasteiger partial charge in [-0.2, -0.15) is 0 Å². The Hall–Kier alpha value is -3.27. The Labute approximate surface area is 167 Å². The van der Waals surface area contributed by atoms with Crippen molar-refractivity contribution < 1.29 is 9.53 Å². The number of ether oxygens (including phenoxy) is 1. The van der Waals surface area contributed by atoms with E-state index < -0.39 is 0 Å². The molecular formula is C24H26N2O2. The SMILES string of the molecule is CN(C)C(=O)N(CCOc1ccc(-c2ccccc2)cc1)Cc1ccccc1. The van der Waals surface area contributed by atoms with E-state index in [0.717, 1.165) is 16.9 Å². The number of amides is 2. The van der Waals surface area contributed by atoms with Crippen molar-refractivity contribution in [1.29, 1.82) is 0 Å². The van der Waals surface area contributed by atoms with E-state index in [9.17, 15) is 4.79 Å². The van der Waals surface area contributed by atoms with Gasteiger partial charge in [0, 0.05) is 20.6 Å². The largest absolute Gasteiger partial charge is 0.492 e.